The summed E-state index contributed by atoms with van der Waals surface area (Å²) in [5.41, 5.74) is 1.28. The van der Waals surface area contributed by atoms with Crippen molar-refractivity contribution in [2.24, 2.45) is 0 Å². The zero-order valence-corrected chi connectivity index (χ0v) is 12.5. The average molecular weight is 351 g/mol. The Balaban J connectivity index is 1.91. The van der Waals surface area contributed by atoms with Crippen molar-refractivity contribution < 1.29 is 9.21 Å². The lowest BCUT2D eigenvalue weighted by Crippen LogP contribution is -2.11. The number of halogens is 2. The van der Waals surface area contributed by atoms with E-state index in [-0.39, 0.29) is 11.7 Å². The fourth-order valence-corrected chi connectivity index (χ4v) is 2.42. The summed E-state index contributed by atoms with van der Waals surface area (Å²) in [6.07, 6.45) is 0. The highest BCUT2D eigenvalue weighted by Gasteiger charge is 2.14. The number of benzene rings is 2. The van der Waals surface area contributed by atoms with Gasteiger partial charge >= 0.3 is 0 Å². The zero-order chi connectivity index (χ0) is 14.1. The minimum atomic E-state index is -0.316. The second-order valence-corrected chi connectivity index (χ2v) is 5.40. The topological polar surface area (TPSA) is 42.2 Å². The van der Waals surface area contributed by atoms with Gasteiger partial charge in [-0.1, -0.05) is 35.9 Å². The Morgan fingerprint density at radius 3 is 2.75 bits per heavy atom. The van der Waals surface area contributed by atoms with Gasteiger partial charge < -0.3 is 9.73 Å². The van der Waals surface area contributed by atoms with E-state index < -0.39 is 0 Å². The maximum atomic E-state index is 12.2. The molecule has 2 aromatic carbocycles. The summed E-state index contributed by atoms with van der Waals surface area (Å²) in [6.45, 7) is 0. The van der Waals surface area contributed by atoms with Crippen molar-refractivity contribution in [3.05, 3.63) is 63.8 Å². The van der Waals surface area contributed by atoms with E-state index in [0.29, 0.717) is 20.8 Å². The number of carbonyl (C=O) groups is 1. The van der Waals surface area contributed by atoms with E-state index in [2.05, 4.69) is 21.2 Å². The van der Waals surface area contributed by atoms with Crippen molar-refractivity contribution in [1.82, 2.24) is 0 Å². The van der Waals surface area contributed by atoms with E-state index in [9.17, 15) is 4.79 Å². The molecule has 0 aliphatic heterocycles. The van der Waals surface area contributed by atoms with Gasteiger partial charge in [0.1, 0.15) is 5.58 Å². The van der Waals surface area contributed by atoms with Crippen LogP contribution in [0.15, 0.2) is 57.4 Å². The van der Waals surface area contributed by atoms with Gasteiger partial charge in [-0.2, -0.15) is 0 Å². The van der Waals surface area contributed by atoms with Gasteiger partial charge in [-0.15, -0.1) is 0 Å². The monoisotopic (exact) mass is 349 g/mol. The van der Waals surface area contributed by atoms with Crippen LogP contribution in [-0.4, -0.2) is 5.91 Å². The summed E-state index contributed by atoms with van der Waals surface area (Å²) in [7, 11) is 0. The summed E-state index contributed by atoms with van der Waals surface area (Å²) in [4.78, 5) is 12.2. The van der Waals surface area contributed by atoms with Crippen LogP contribution in [0.3, 0.4) is 0 Å². The van der Waals surface area contributed by atoms with Crippen molar-refractivity contribution in [1.29, 1.82) is 0 Å². The number of nitrogens with one attached hydrogen (secondary N) is 1. The van der Waals surface area contributed by atoms with E-state index in [4.69, 9.17) is 16.0 Å². The van der Waals surface area contributed by atoms with Crippen molar-refractivity contribution in [3.8, 4) is 0 Å². The normalized spacial score (nSPS) is 10.7. The van der Waals surface area contributed by atoms with Crippen molar-refractivity contribution in [2.45, 2.75) is 0 Å². The van der Waals surface area contributed by atoms with E-state index >= 15 is 0 Å². The molecule has 0 aliphatic rings. The highest BCUT2D eigenvalue weighted by atomic mass is 79.9. The van der Waals surface area contributed by atoms with Crippen LogP contribution >= 0.6 is 27.5 Å². The maximum Gasteiger partial charge on any atom is 0.291 e. The number of hydrogen-bond donors (Lipinski definition) is 1. The SMILES string of the molecule is O=C(Nc1cccc(Cl)c1Br)c1cc2ccccc2o1. The first-order valence-electron chi connectivity index (χ1n) is 5.89. The Morgan fingerprint density at radius 2 is 1.95 bits per heavy atom. The van der Waals surface area contributed by atoms with Crippen LogP contribution in [0.5, 0.6) is 0 Å². The molecule has 0 unspecified atom stereocenters. The largest absolute Gasteiger partial charge is 0.451 e. The molecule has 1 N–H and O–H groups in total. The molecule has 0 saturated heterocycles. The average Bonchev–Trinajstić information content (AvgIpc) is 2.88. The first-order valence-corrected chi connectivity index (χ1v) is 7.06. The first kappa shape index (κ1) is 13.2. The number of amides is 1. The minimum Gasteiger partial charge on any atom is -0.451 e. The summed E-state index contributed by atoms with van der Waals surface area (Å²) in [5.74, 6) is -0.0535. The lowest BCUT2D eigenvalue weighted by molar-refractivity contribution is 0.0998. The molecule has 0 bridgehead atoms. The van der Waals surface area contributed by atoms with E-state index in [1.54, 1.807) is 24.3 Å². The van der Waals surface area contributed by atoms with Crippen LogP contribution in [0.25, 0.3) is 11.0 Å². The Hall–Kier alpha value is -1.78. The number of anilines is 1. The molecular formula is C15H9BrClNO2. The van der Waals surface area contributed by atoms with Gasteiger partial charge in [-0.05, 0) is 40.2 Å². The third kappa shape index (κ3) is 2.44. The number of hydrogen-bond acceptors (Lipinski definition) is 2. The molecule has 3 nitrogen and oxygen atoms in total. The Morgan fingerprint density at radius 1 is 1.15 bits per heavy atom. The molecule has 3 rings (SSSR count). The van der Waals surface area contributed by atoms with Crippen LogP contribution < -0.4 is 5.32 Å². The Labute approximate surface area is 128 Å². The number of carbonyl (C=O) groups excluding carboxylic acids is 1. The molecule has 1 amide bonds. The van der Waals surface area contributed by atoms with Crippen molar-refractivity contribution >= 4 is 50.1 Å². The molecular weight excluding hydrogens is 342 g/mol. The highest BCUT2D eigenvalue weighted by Crippen LogP contribution is 2.30. The van der Waals surface area contributed by atoms with Gasteiger partial charge in [0.25, 0.3) is 5.91 Å². The number of para-hydroxylation sites is 1. The second kappa shape index (κ2) is 5.31. The molecule has 0 saturated carbocycles. The lowest BCUT2D eigenvalue weighted by atomic mass is 10.2. The van der Waals surface area contributed by atoms with E-state index in [1.807, 2.05) is 24.3 Å². The molecule has 0 radical (unpaired) electrons. The molecule has 0 fully saturated rings. The third-order valence-corrected chi connectivity index (χ3v) is 4.25. The molecule has 0 spiro atoms. The van der Waals surface area contributed by atoms with Crippen LogP contribution in [0.1, 0.15) is 10.6 Å². The summed E-state index contributed by atoms with van der Waals surface area (Å²) in [6, 6.07) is 14.4. The van der Waals surface area contributed by atoms with Crippen LogP contribution in [-0.2, 0) is 0 Å². The zero-order valence-electron chi connectivity index (χ0n) is 10.2. The third-order valence-electron chi connectivity index (χ3n) is 2.85. The summed E-state index contributed by atoms with van der Waals surface area (Å²) < 4.78 is 6.16. The predicted molar refractivity (Wildman–Crippen MR) is 83.3 cm³/mol. The molecule has 5 heteroatoms. The standard InChI is InChI=1S/C15H9BrClNO2/c16-14-10(17)5-3-6-11(14)18-15(19)13-8-9-4-1-2-7-12(9)20-13/h1-8H,(H,18,19). The Kier molecular flexibility index (Phi) is 3.51. The van der Waals surface area contributed by atoms with Gasteiger partial charge in [0.2, 0.25) is 0 Å². The van der Waals surface area contributed by atoms with E-state index in [0.717, 1.165) is 5.39 Å². The maximum absolute atomic E-state index is 12.2. The van der Waals surface area contributed by atoms with Gasteiger partial charge in [-0.3, -0.25) is 4.79 Å². The van der Waals surface area contributed by atoms with Crippen molar-refractivity contribution in [3.63, 3.8) is 0 Å². The Bertz CT molecular complexity index is 764. The quantitative estimate of drug-likeness (QED) is 0.698. The van der Waals surface area contributed by atoms with Crippen molar-refractivity contribution in [2.75, 3.05) is 5.32 Å². The molecule has 20 heavy (non-hydrogen) atoms. The number of rotatable bonds is 2. The van der Waals surface area contributed by atoms with Gasteiger partial charge in [-0.25, -0.2) is 0 Å². The summed E-state index contributed by atoms with van der Waals surface area (Å²) in [5, 5.41) is 4.19. The predicted octanol–water partition coefficient (Wildman–Crippen LogP) is 5.10. The smallest absolute Gasteiger partial charge is 0.291 e. The molecule has 0 atom stereocenters. The van der Waals surface area contributed by atoms with E-state index in [1.165, 1.54) is 0 Å². The molecule has 3 aromatic rings. The van der Waals surface area contributed by atoms with Gasteiger partial charge in [0.15, 0.2) is 5.76 Å². The molecule has 1 heterocycles. The number of furan rings is 1. The highest BCUT2D eigenvalue weighted by molar-refractivity contribution is 9.10. The number of fused-ring (bicyclic) bond motifs is 1. The molecule has 1 aromatic heterocycles. The summed E-state index contributed by atoms with van der Waals surface area (Å²) >= 11 is 9.32. The molecule has 0 aliphatic carbocycles. The minimum absolute atomic E-state index is 0.262. The second-order valence-electron chi connectivity index (χ2n) is 4.20. The fraction of sp³-hybridized carbons (Fsp3) is 0. The van der Waals surface area contributed by atoms with Crippen LogP contribution in [0.4, 0.5) is 5.69 Å². The van der Waals surface area contributed by atoms with Crippen LogP contribution in [0.2, 0.25) is 5.02 Å². The van der Waals surface area contributed by atoms with Crippen LogP contribution in [0, 0.1) is 0 Å². The molecule has 100 valence electrons. The van der Waals surface area contributed by atoms with Gasteiger partial charge in [0, 0.05) is 5.39 Å². The lowest BCUT2D eigenvalue weighted by Gasteiger charge is -2.06. The fourth-order valence-electron chi connectivity index (χ4n) is 1.88. The first-order chi connectivity index (χ1) is 9.65. The van der Waals surface area contributed by atoms with Gasteiger partial charge in [0.05, 0.1) is 15.2 Å².